The van der Waals surface area contributed by atoms with E-state index in [2.05, 4.69) is 21.0 Å². The molecule has 0 saturated heterocycles. The lowest BCUT2D eigenvalue weighted by atomic mass is 10.1. The van der Waals surface area contributed by atoms with E-state index < -0.39 is 15.6 Å². The lowest BCUT2D eigenvalue weighted by Crippen LogP contribution is -2.39. The van der Waals surface area contributed by atoms with Crippen LogP contribution in [0.4, 0.5) is 0 Å². The Labute approximate surface area is 76.3 Å². The predicted octanol–water partition coefficient (Wildman–Crippen LogP) is 0.344. The van der Waals surface area contributed by atoms with Gasteiger partial charge in [-0.05, 0) is 20.8 Å². The van der Waals surface area contributed by atoms with Crippen molar-refractivity contribution in [2.45, 2.75) is 26.3 Å². The highest BCUT2D eigenvalue weighted by molar-refractivity contribution is 7.92. The van der Waals surface area contributed by atoms with Crippen LogP contribution < -0.4 is 4.72 Å². The van der Waals surface area contributed by atoms with Gasteiger partial charge < -0.3 is 0 Å². The van der Waals surface area contributed by atoms with E-state index in [1.807, 2.05) is 0 Å². The quantitative estimate of drug-likeness (QED) is 0.637. The van der Waals surface area contributed by atoms with Crippen molar-refractivity contribution in [2.24, 2.45) is 0 Å². The molecule has 0 spiro atoms. The molecule has 1 N–H and O–H groups in total. The molecule has 0 aromatic rings. The molecule has 0 aromatic heterocycles. The Bertz CT molecular complexity index is 238. The Hall–Kier alpha value is 0.182. The summed E-state index contributed by atoms with van der Waals surface area (Å²) >= 11 is 2.21. The monoisotopic (exact) mass is 189 g/mol. The minimum atomic E-state index is -3.24. The molecule has 0 aliphatic carbocycles. The molecule has 0 saturated carbocycles. The third-order valence-corrected chi connectivity index (χ3v) is 2.59. The average Bonchev–Trinajstić information content (AvgIpc) is 1.55. The number of nitrogens with one attached hydrogen (secondary N) is 1. The maximum atomic E-state index is 11.0. The summed E-state index contributed by atoms with van der Waals surface area (Å²) in [5, 5.41) is 1.11. The Kier molecular flexibility index (Phi) is 3.79. The minimum absolute atomic E-state index is 0.414. The maximum Gasteiger partial charge on any atom is 0.232 e. The van der Waals surface area contributed by atoms with Crippen LogP contribution in [-0.2, 0) is 10.0 Å². The Morgan fingerprint density at radius 1 is 1.36 bits per heavy atom. The Morgan fingerprint density at radius 2 is 1.82 bits per heavy atom. The fourth-order valence-electron chi connectivity index (χ4n) is 0.564. The van der Waals surface area contributed by atoms with Crippen molar-refractivity contribution in [3.05, 3.63) is 10.3 Å². The highest BCUT2D eigenvalue weighted by Gasteiger charge is 2.16. The molecule has 0 aromatic carbocycles. The van der Waals surface area contributed by atoms with Crippen molar-refractivity contribution in [1.82, 2.24) is 4.72 Å². The lowest BCUT2D eigenvalue weighted by Gasteiger charge is -2.18. The first-order valence-electron chi connectivity index (χ1n) is 3.19. The molecule has 11 heavy (non-hydrogen) atoms. The molecule has 3 nitrogen and oxygen atoms in total. The first-order chi connectivity index (χ1) is 4.77. The second-order valence-corrected chi connectivity index (χ2v) is 5.18. The van der Waals surface area contributed by atoms with Gasteiger partial charge in [-0.25, -0.2) is 13.1 Å². The molecule has 0 rings (SSSR count). The van der Waals surface area contributed by atoms with Crippen LogP contribution in [-0.4, -0.2) is 30.2 Å². The summed E-state index contributed by atoms with van der Waals surface area (Å²) in [5.41, 5.74) is -0.414. The summed E-state index contributed by atoms with van der Waals surface area (Å²) in [7, 11) is -3.24. The van der Waals surface area contributed by atoms with Crippen molar-refractivity contribution < 1.29 is 8.42 Å². The van der Waals surface area contributed by atoms with Crippen LogP contribution in [0, 0.1) is 0 Å². The van der Waals surface area contributed by atoms with Gasteiger partial charge in [-0.15, -0.1) is 0 Å². The van der Waals surface area contributed by atoms with Gasteiger partial charge in [0.05, 0.1) is 0 Å². The maximum absolute atomic E-state index is 11.0. The van der Waals surface area contributed by atoms with Gasteiger partial charge in [0.15, 0.2) is 16.3 Å². The van der Waals surface area contributed by atoms with Crippen molar-refractivity contribution >= 4 is 26.3 Å². The zero-order valence-electron chi connectivity index (χ0n) is 6.96. The fraction of sp³-hybridized carbons (Fsp3) is 0.667. The van der Waals surface area contributed by atoms with E-state index in [-0.39, 0.29) is 0 Å². The molecule has 5 heteroatoms. The summed E-state index contributed by atoms with van der Waals surface area (Å²) in [6.07, 6.45) is 0. The van der Waals surface area contributed by atoms with E-state index in [4.69, 9.17) is 0 Å². The van der Waals surface area contributed by atoms with Gasteiger partial charge in [0.1, 0.15) is 0 Å². The van der Waals surface area contributed by atoms with Crippen molar-refractivity contribution in [2.75, 3.05) is 0 Å². The minimum Gasteiger partial charge on any atom is -0.208 e. The van der Waals surface area contributed by atoms with Crippen LogP contribution >= 0.6 is 0 Å². The molecule has 0 fully saturated rings. The number of sulfonamides is 1. The number of hydrogen-bond donors (Lipinski definition) is 1. The molecular weight excluding hydrogens is 177 g/mol. The molecular formula is C6H12AlNO2S. The third-order valence-electron chi connectivity index (χ3n) is 0.706. The van der Waals surface area contributed by atoms with Crippen LogP contribution in [0.5, 0.6) is 0 Å². The molecule has 2 radical (unpaired) electrons. The highest BCUT2D eigenvalue weighted by atomic mass is 32.2. The SMILES string of the molecule is CC(C)(C)NS(=O)(=O)/C=[CH]/[Al]. The van der Waals surface area contributed by atoms with E-state index in [1.165, 1.54) is 4.94 Å². The van der Waals surface area contributed by atoms with Crippen molar-refractivity contribution in [3.63, 3.8) is 0 Å². The van der Waals surface area contributed by atoms with Crippen LogP contribution in [0.2, 0.25) is 0 Å². The van der Waals surface area contributed by atoms with Gasteiger partial charge in [-0.3, -0.25) is 0 Å². The second kappa shape index (κ2) is 3.72. The number of hydrogen-bond acceptors (Lipinski definition) is 2. The smallest absolute Gasteiger partial charge is 0.208 e. The van der Waals surface area contributed by atoms with Crippen molar-refractivity contribution in [3.8, 4) is 0 Å². The molecule has 0 atom stereocenters. The standard InChI is InChI=1S/C6H12NO2S.Al/c1-5-10(8,9)7-6(2,3)4;/h1,5,7H,2-4H3;. The molecule has 0 unspecified atom stereocenters. The van der Waals surface area contributed by atoms with Gasteiger partial charge in [0.2, 0.25) is 10.0 Å². The van der Waals surface area contributed by atoms with Crippen LogP contribution in [0.1, 0.15) is 20.8 Å². The largest absolute Gasteiger partial charge is 0.232 e. The van der Waals surface area contributed by atoms with Gasteiger partial charge in [0.25, 0.3) is 0 Å². The topological polar surface area (TPSA) is 46.2 Å². The first kappa shape index (κ1) is 11.2. The Morgan fingerprint density at radius 3 is 2.09 bits per heavy atom. The van der Waals surface area contributed by atoms with Gasteiger partial charge in [0, 0.05) is 10.9 Å². The van der Waals surface area contributed by atoms with Gasteiger partial charge in [-0.1, -0.05) is 0 Å². The average molecular weight is 189 g/mol. The molecule has 0 heterocycles. The molecule has 0 aliphatic rings. The summed E-state index contributed by atoms with van der Waals surface area (Å²) in [6.45, 7) is 5.38. The normalized spacial score (nSPS) is 14.1. The summed E-state index contributed by atoms with van der Waals surface area (Å²) < 4.78 is 24.5. The third kappa shape index (κ3) is 6.58. The van der Waals surface area contributed by atoms with Crippen LogP contribution in [0.25, 0.3) is 0 Å². The molecule has 0 bridgehead atoms. The van der Waals surface area contributed by atoms with Crippen LogP contribution in [0.15, 0.2) is 10.3 Å². The zero-order valence-corrected chi connectivity index (χ0v) is 8.93. The van der Waals surface area contributed by atoms with Crippen LogP contribution in [0.3, 0.4) is 0 Å². The molecule has 0 amide bonds. The van der Waals surface area contributed by atoms with E-state index >= 15 is 0 Å². The Balaban J connectivity index is 4.39. The van der Waals surface area contributed by atoms with E-state index in [0.29, 0.717) is 0 Å². The first-order valence-corrected chi connectivity index (χ1v) is 5.40. The van der Waals surface area contributed by atoms with Crippen molar-refractivity contribution in [1.29, 1.82) is 0 Å². The fourth-order valence-corrected chi connectivity index (χ4v) is 2.31. The molecule has 0 aliphatic heterocycles. The van der Waals surface area contributed by atoms with Gasteiger partial charge in [-0.2, -0.15) is 4.94 Å². The summed E-state index contributed by atoms with van der Waals surface area (Å²) in [6, 6.07) is 0. The zero-order chi connectivity index (χ0) is 9.12. The lowest BCUT2D eigenvalue weighted by molar-refractivity contribution is 0.496. The second-order valence-electron chi connectivity index (χ2n) is 3.23. The van der Waals surface area contributed by atoms with E-state index in [1.54, 1.807) is 20.8 Å². The highest BCUT2D eigenvalue weighted by Crippen LogP contribution is 2.02. The molecule has 62 valence electrons. The van der Waals surface area contributed by atoms with E-state index in [0.717, 1.165) is 5.41 Å². The van der Waals surface area contributed by atoms with Gasteiger partial charge >= 0.3 is 0 Å². The predicted molar refractivity (Wildman–Crippen MR) is 46.7 cm³/mol. The van der Waals surface area contributed by atoms with E-state index in [9.17, 15) is 8.42 Å². The summed E-state index contributed by atoms with van der Waals surface area (Å²) in [5.74, 6) is 0. The summed E-state index contributed by atoms with van der Waals surface area (Å²) in [4.78, 5) is 1.41. The number of rotatable bonds is 2.